The van der Waals surface area contributed by atoms with Crippen LogP contribution in [0.1, 0.15) is 18.4 Å². The van der Waals surface area contributed by atoms with Gasteiger partial charge in [0.25, 0.3) is 0 Å². The predicted molar refractivity (Wildman–Crippen MR) is 113 cm³/mol. The molecule has 1 saturated heterocycles. The summed E-state index contributed by atoms with van der Waals surface area (Å²) in [4.78, 5) is 20.9. The molecule has 0 aliphatic carbocycles. The number of fused-ring (bicyclic) bond motifs is 1. The summed E-state index contributed by atoms with van der Waals surface area (Å²) < 4.78 is 6.91. The third-order valence-electron chi connectivity index (χ3n) is 4.72. The Balaban J connectivity index is 1.63. The first kappa shape index (κ1) is 18.5. The van der Waals surface area contributed by atoms with Gasteiger partial charge in [-0.2, -0.15) is 0 Å². The normalized spacial score (nSPS) is 16.7. The van der Waals surface area contributed by atoms with E-state index in [0.717, 1.165) is 40.4 Å². The molecule has 27 heavy (non-hydrogen) atoms. The number of amides is 1. The highest BCUT2D eigenvalue weighted by atomic mass is 32.2. The number of hydrogen-bond donors (Lipinski definition) is 0. The van der Waals surface area contributed by atoms with Crippen molar-refractivity contribution in [1.82, 2.24) is 4.98 Å². The molecule has 0 spiro atoms. The van der Waals surface area contributed by atoms with E-state index in [1.165, 1.54) is 4.90 Å². The van der Waals surface area contributed by atoms with Crippen LogP contribution in [0.3, 0.4) is 0 Å². The van der Waals surface area contributed by atoms with Gasteiger partial charge in [-0.3, -0.25) is 9.69 Å². The minimum Gasteiger partial charge on any atom is -0.376 e. The molecule has 1 aliphatic rings. The van der Waals surface area contributed by atoms with Crippen molar-refractivity contribution in [3.05, 3.63) is 54.1 Å². The van der Waals surface area contributed by atoms with Gasteiger partial charge in [-0.25, -0.2) is 4.98 Å². The summed E-state index contributed by atoms with van der Waals surface area (Å²) in [7, 11) is 0. The third kappa shape index (κ3) is 4.34. The van der Waals surface area contributed by atoms with Crippen LogP contribution in [0.4, 0.5) is 5.13 Å². The van der Waals surface area contributed by atoms with E-state index in [1.54, 1.807) is 23.1 Å². The van der Waals surface area contributed by atoms with Gasteiger partial charge in [-0.1, -0.05) is 41.7 Å². The van der Waals surface area contributed by atoms with Gasteiger partial charge in [0.2, 0.25) is 5.91 Å². The zero-order valence-corrected chi connectivity index (χ0v) is 16.9. The zero-order valence-electron chi connectivity index (χ0n) is 15.3. The molecule has 1 amide bonds. The van der Waals surface area contributed by atoms with Crippen LogP contribution in [-0.4, -0.2) is 36.4 Å². The average Bonchev–Trinajstić information content (AvgIpc) is 3.35. The van der Waals surface area contributed by atoms with E-state index in [4.69, 9.17) is 9.72 Å². The number of thiazole rings is 1. The van der Waals surface area contributed by atoms with Crippen LogP contribution in [0, 0.1) is 0 Å². The summed E-state index contributed by atoms with van der Waals surface area (Å²) >= 11 is 3.30. The van der Waals surface area contributed by atoms with Crippen LogP contribution in [0.2, 0.25) is 0 Å². The Hall–Kier alpha value is -1.89. The van der Waals surface area contributed by atoms with E-state index in [1.807, 2.05) is 41.3 Å². The van der Waals surface area contributed by atoms with Crippen molar-refractivity contribution in [1.29, 1.82) is 0 Å². The molecule has 3 aromatic rings. The van der Waals surface area contributed by atoms with E-state index in [9.17, 15) is 4.79 Å². The number of hydrogen-bond acceptors (Lipinski definition) is 5. The van der Waals surface area contributed by atoms with Gasteiger partial charge >= 0.3 is 0 Å². The number of aromatic nitrogens is 1. The second-order valence-corrected chi connectivity index (χ2v) is 8.52. The summed E-state index contributed by atoms with van der Waals surface area (Å²) in [5.41, 5.74) is 1.96. The summed E-state index contributed by atoms with van der Waals surface area (Å²) in [6, 6.07) is 16.1. The fourth-order valence-electron chi connectivity index (χ4n) is 3.28. The van der Waals surface area contributed by atoms with Crippen LogP contribution in [-0.2, 0) is 16.0 Å². The van der Waals surface area contributed by atoms with Crippen LogP contribution in [0.15, 0.2) is 53.4 Å². The first-order chi connectivity index (χ1) is 13.2. The van der Waals surface area contributed by atoms with Gasteiger partial charge in [0.15, 0.2) is 5.13 Å². The smallest absolute Gasteiger partial charge is 0.233 e. The van der Waals surface area contributed by atoms with E-state index in [0.29, 0.717) is 13.0 Å². The maximum Gasteiger partial charge on any atom is 0.233 e. The molecular weight excluding hydrogens is 376 g/mol. The Morgan fingerprint density at radius 1 is 1.30 bits per heavy atom. The van der Waals surface area contributed by atoms with E-state index in [-0.39, 0.29) is 12.0 Å². The van der Waals surface area contributed by atoms with Gasteiger partial charge in [0, 0.05) is 11.5 Å². The predicted octanol–water partition coefficient (Wildman–Crippen LogP) is 4.77. The molecule has 0 bridgehead atoms. The third-order valence-corrected chi connectivity index (χ3v) is 6.49. The molecule has 0 radical (unpaired) electrons. The van der Waals surface area contributed by atoms with Gasteiger partial charge in [0.05, 0.1) is 29.3 Å². The molecule has 1 aliphatic heterocycles. The summed E-state index contributed by atoms with van der Waals surface area (Å²) in [5.74, 6) is 0.0702. The van der Waals surface area contributed by atoms with E-state index < -0.39 is 0 Å². The topological polar surface area (TPSA) is 42.4 Å². The van der Waals surface area contributed by atoms with Gasteiger partial charge in [0.1, 0.15) is 0 Å². The first-order valence-corrected chi connectivity index (χ1v) is 11.2. The Kier molecular flexibility index (Phi) is 5.76. The minimum absolute atomic E-state index is 0.0702. The molecule has 2 heterocycles. The molecule has 140 valence electrons. The lowest BCUT2D eigenvalue weighted by molar-refractivity contribution is -0.118. The monoisotopic (exact) mass is 398 g/mol. The molecule has 2 aromatic carbocycles. The fourth-order valence-corrected chi connectivity index (χ4v) is 4.83. The number of thioether (sulfide) groups is 1. The van der Waals surface area contributed by atoms with E-state index in [2.05, 4.69) is 18.4 Å². The molecule has 0 N–H and O–H groups in total. The maximum absolute atomic E-state index is 13.1. The zero-order chi connectivity index (χ0) is 18.6. The van der Waals surface area contributed by atoms with Crippen LogP contribution in [0.25, 0.3) is 10.2 Å². The maximum atomic E-state index is 13.1. The van der Waals surface area contributed by atoms with Crippen LogP contribution >= 0.6 is 23.1 Å². The Morgan fingerprint density at radius 2 is 2.15 bits per heavy atom. The molecular formula is C21H22N2O2S2. The second kappa shape index (κ2) is 8.42. The molecule has 1 fully saturated rings. The van der Waals surface area contributed by atoms with Crippen molar-refractivity contribution in [2.75, 3.05) is 24.3 Å². The van der Waals surface area contributed by atoms with Crippen LogP contribution < -0.4 is 4.90 Å². The quantitative estimate of drug-likeness (QED) is 0.561. The highest BCUT2D eigenvalue weighted by molar-refractivity contribution is 7.98. The summed E-state index contributed by atoms with van der Waals surface area (Å²) in [6.07, 6.45) is 4.59. The number of nitrogens with zero attached hydrogens (tertiary/aromatic N) is 2. The molecule has 1 atom stereocenters. The summed E-state index contributed by atoms with van der Waals surface area (Å²) in [5, 5.41) is 0.764. The number of benzene rings is 2. The Bertz CT molecular complexity index is 920. The fraction of sp³-hybridized carbons (Fsp3) is 0.333. The Morgan fingerprint density at radius 3 is 2.89 bits per heavy atom. The van der Waals surface area contributed by atoms with Crippen molar-refractivity contribution >= 4 is 44.4 Å². The van der Waals surface area contributed by atoms with Crippen molar-refractivity contribution in [2.45, 2.75) is 30.3 Å². The van der Waals surface area contributed by atoms with Crippen molar-refractivity contribution in [2.24, 2.45) is 0 Å². The molecule has 4 nitrogen and oxygen atoms in total. The lowest BCUT2D eigenvalue weighted by Crippen LogP contribution is -2.38. The number of ether oxygens (including phenoxy) is 1. The van der Waals surface area contributed by atoms with Crippen LogP contribution in [0.5, 0.6) is 0 Å². The van der Waals surface area contributed by atoms with Gasteiger partial charge in [-0.15, -0.1) is 11.8 Å². The first-order valence-electron chi connectivity index (χ1n) is 9.13. The molecule has 0 saturated carbocycles. The molecule has 4 rings (SSSR count). The largest absolute Gasteiger partial charge is 0.376 e. The van der Waals surface area contributed by atoms with E-state index >= 15 is 0 Å². The number of rotatable bonds is 6. The summed E-state index contributed by atoms with van der Waals surface area (Å²) in [6.45, 7) is 1.35. The van der Waals surface area contributed by atoms with Gasteiger partial charge in [-0.05, 0) is 42.9 Å². The highest BCUT2D eigenvalue weighted by Gasteiger charge is 2.26. The average molecular weight is 399 g/mol. The number of carbonyl (C=O) groups excluding carboxylic acids is 1. The van der Waals surface area contributed by atoms with Gasteiger partial charge < -0.3 is 4.74 Å². The lowest BCUT2D eigenvalue weighted by Gasteiger charge is -2.23. The SMILES string of the molecule is CSc1ccc2nc(N(C[C@@H]3CCCO3)C(=O)Cc3ccccc3)sc2c1. The van der Waals surface area contributed by atoms with Crippen molar-refractivity contribution in [3.63, 3.8) is 0 Å². The molecule has 0 unspecified atom stereocenters. The highest BCUT2D eigenvalue weighted by Crippen LogP contribution is 2.32. The van der Waals surface area contributed by atoms with Crippen molar-refractivity contribution < 1.29 is 9.53 Å². The minimum atomic E-state index is 0.0702. The molecule has 1 aromatic heterocycles. The number of carbonyl (C=O) groups is 1. The number of anilines is 1. The Labute approximate surface area is 167 Å². The van der Waals surface area contributed by atoms with Crippen molar-refractivity contribution in [3.8, 4) is 0 Å². The lowest BCUT2D eigenvalue weighted by atomic mass is 10.1. The standard InChI is InChI=1S/C21H22N2O2S2/c1-26-17-9-10-18-19(13-17)27-21(22-18)23(14-16-8-5-11-25-16)20(24)12-15-6-3-2-4-7-15/h2-4,6-7,9-10,13,16H,5,8,11-12,14H2,1H3/t16-/m0/s1. The molecule has 6 heteroatoms. The second-order valence-electron chi connectivity index (χ2n) is 6.63.